The van der Waals surface area contributed by atoms with Gasteiger partial charge in [0.2, 0.25) is 5.91 Å². The molecule has 2 aliphatic heterocycles. The molecule has 5 nitrogen and oxygen atoms in total. The molecule has 2 aromatic rings. The van der Waals surface area contributed by atoms with E-state index in [1.54, 1.807) is 0 Å². The number of rotatable bonds is 4. The fourth-order valence-electron chi connectivity index (χ4n) is 3.93. The van der Waals surface area contributed by atoms with E-state index in [0.717, 1.165) is 12.1 Å². The molecule has 4 rings (SSSR count). The number of hydrogen-bond acceptors (Lipinski definition) is 4. The van der Waals surface area contributed by atoms with Gasteiger partial charge in [0.05, 0.1) is 10.2 Å². The Morgan fingerprint density at radius 2 is 1.77 bits per heavy atom. The van der Waals surface area contributed by atoms with Gasteiger partial charge in [-0.05, 0) is 47.3 Å². The van der Waals surface area contributed by atoms with E-state index in [-0.39, 0.29) is 65.8 Å². The summed E-state index contributed by atoms with van der Waals surface area (Å²) in [5, 5.41) is 13.5. The van der Waals surface area contributed by atoms with Crippen molar-refractivity contribution in [2.24, 2.45) is 0 Å². The number of ether oxygens (including phenoxy) is 1. The molecule has 2 aliphatic rings. The molecular formula is C21H19BrClF3N2O3. The van der Waals surface area contributed by atoms with E-state index in [0.29, 0.717) is 17.7 Å². The molecule has 0 aromatic heterocycles. The number of anilines is 2. The van der Waals surface area contributed by atoms with Crippen LogP contribution in [0.1, 0.15) is 24.8 Å². The highest BCUT2D eigenvalue weighted by Gasteiger charge is 2.35. The molecule has 1 fully saturated rings. The minimum absolute atomic E-state index is 0.0260. The first-order chi connectivity index (χ1) is 14.7. The number of carbonyl (C=O) groups excluding carboxylic acids is 1. The van der Waals surface area contributed by atoms with Crippen LogP contribution in [0.25, 0.3) is 0 Å². The SMILES string of the molecule is O=C1CCc2c(OCC3(O)CCN(c4c(F)cc(Cl)cc4F)CC3)cc(F)c(Br)c2N1. The molecule has 0 bridgehead atoms. The van der Waals surface area contributed by atoms with Crippen LogP contribution in [-0.2, 0) is 11.2 Å². The van der Waals surface area contributed by atoms with Crippen LogP contribution in [0.4, 0.5) is 24.5 Å². The van der Waals surface area contributed by atoms with E-state index in [1.165, 1.54) is 11.0 Å². The fraction of sp³-hybridized carbons (Fsp3) is 0.381. The van der Waals surface area contributed by atoms with E-state index < -0.39 is 23.1 Å². The van der Waals surface area contributed by atoms with E-state index in [1.807, 2.05) is 0 Å². The largest absolute Gasteiger partial charge is 0.490 e. The molecule has 0 spiro atoms. The first-order valence-electron chi connectivity index (χ1n) is 9.72. The monoisotopic (exact) mass is 518 g/mol. The summed E-state index contributed by atoms with van der Waals surface area (Å²) >= 11 is 8.82. The lowest BCUT2D eigenvalue weighted by Crippen LogP contribution is -2.48. The number of aliphatic hydroxyl groups is 1. The van der Waals surface area contributed by atoms with Crippen LogP contribution in [-0.4, -0.2) is 36.3 Å². The summed E-state index contributed by atoms with van der Waals surface area (Å²) in [4.78, 5) is 13.2. The molecule has 10 heteroatoms. The number of amides is 1. The maximum absolute atomic E-state index is 14.3. The number of nitrogens with one attached hydrogen (secondary N) is 1. The van der Waals surface area contributed by atoms with Gasteiger partial charge >= 0.3 is 0 Å². The molecule has 0 atom stereocenters. The van der Waals surface area contributed by atoms with Crippen LogP contribution in [0.5, 0.6) is 5.75 Å². The number of nitrogens with zero attached hydrogens (tertiary/aromatic N) is 1. The van der Waals surface area contributed by atoms with Crippen molar-refractivity contribution >= 4 is 44.8 Å². The molecule has 0 saturated carbocycles. The molecular weight excluding hydrogens is 501 g/mol. The van der Waals surface area contributed by atoms with Gasteiger partial charge in [0.1, 0.15) is 29.5 Å². The molecule has 0 radical (unpaired) electrons. The number of halogens is 5. The lowest BCUT2D eigenvalue weighted by Gasteiger charge is -2.39. The molecule has 2 N–H and O–H groups in total. The van der Waals surface area contributed by atoms with Gasteiger partial charge in [-0.1, -0.05) is 11.6 Å². The fourth-order valence-corrected chi connectivity index (χ4v) is 4.57. The second-order valence-corrected chi connectivity index (χ2v) is 9.02. The minimum atomic E-state index is -1.25. The third kappa shape index (κ3) is 4.49. The minimum Gasteiger partial charge on any atom is -0.490 e. The van der Waals surface area contributed by atoms with Crippen LogP contribution in [0.15, 0.2) is 22.7 Å². The maximum Gasteiger partial charge on any atom is 0.224 e. The third-order valence-corrected chi connectivity index (χ3v) is 6.63. The number of fused-ring (bicyclic) bond motifs is 1. The van der Waals surface area contributed by atoms with Crippen LogP contribution in [0, 0.1) is 17.5 Å². The number of benzene rings is 2. The molecule has 0 unspecified atom stereocenters. The Balaban J connectivity index is 1.46. The van der Waals surface area contributed by atoms with Crippen molar-refractivity contribution < 1.29 is 27.8 Å². The van der Waals surface area contributed by atoms with E-state index in [2.05, 4.69) is 21.2 Å². The van der Waals surface area contributed by atoms with E-state index in [4.69, 9.17) is 16.3 Å². The smallest absolute Gasteiger partial charge is 0.224 e. The molecule has 0 aliphatic carbocycles. The van der Waals surface area contributed by atoms with Gasteiger partial charge < -0.3 is 20.1 Å². The zero-order valence-electron chi connectivity index (χ0n) is 16.3. The number of hydrogen-bond donors (Lipinski definition) is 2. The van der Waals surface area contributed by atoms with Crippen molar-refractivity contribution in [3.05, 3.63) is 50.7 Å². The highest BCUT2D eigenvalue weighted by molar-refractivity contribution is 9.10. The van der Waals surface area contributed by atoms with Crippen molar-refractivity contribution in [2.45, 2.75) is 31.3 Å². The normalized spacial score (nSPS) is 17.9. The third-order valence-electron chi connectivity index (χ3n) is 5.64. The molecule has 1 amide bonds. The predicted molar refractivity (Wildman–Crippen MR) is 114 cm³/mol. The topological polar surface area (TPSA) is 61.8 Å². The van der Waals surface area contributed by atoms with Crippen molar-refractivity contribution in [3.8, 4) is 5.75 Å². The first kappa shape index (κ1) is 22.2. The maximum atomic E-state index is 14.3. The first-order valence-corrected chi connectivity index (χ1v) is 10.9. The van der Waals surface area contributed by atoms with Gasteiger partial charge in [0.25, 0.3) is 0 Å². The van der Waals surface area contributed by atoms with Crippen LogP contribution < -0.4 is 15.0 Å². The molecule has 1 saturated heterocycles. The van der Waals surface area contributed by atoms with E-state index >= 15 is 0 Å². The molecule has 31 heavy (non-hydrogen) atoms. The van der Waals surface area contributed by atoms with E-state index in [9.17, 15) is 23.1 Å². The quantitative estimate of drug-likeness (QED) is 0.608. The second kappa shape index (κ2) is 8.52. The zero-order valence-corrected chi connectivity index (χ0v) is 18.6. The lowest BCUT2D eigenvalue weighted by molar-refractivity contribution is -0.116. The van der Waals surface area contributed by atoms with Crippen LogP contribution in [0.2, 0.25) is 5.02 Å². The Morgan fingerprint density at radius 3 is 2.42 bits per heavy atom. The Bertz CT molecular complexity index is 1020. The summed E-state index contributed by atoms with van der Waals surface area (Å²) < 4.78 is 48.6. The highest BCUT2D eigenvalue weighted by Crippen LogP contribution is 2.40. The van der Waals surface area contributed by atoms with Crippen molar-refractivity contribution in [2.75, 3.05) is 29.9 Å². The summed E-state index contributed by atoms with van der Waals surface area (Å²) in [6.45, 7) is 0.296. The van der Waals surface area contributed by atoms with Crippen molar-refractivity contribution in [1.82, 2.24) is 0 Å². The van der Waals surface area contributed by atoms with Crippen molar-refractivity contribution in [1.29, 1.82) is 0 Å². The van der Waals surface area contributed by atoms with Gasteiger partial charge in [-0.15, -0.1) is 0 Å². The van der Waals surface area contributed by atoms with Crippen LogP contribution in [0.3, 0.4) is 0 Å². The van der Waals surface area contributed by atoms with Gasteiger partial charge in [-0.2, -0.15) is 0 Å². The summed E-state index contributed by atoms with van der Waals surface area (Å²) in [5.41, 5.74) is -0.433. The Labute approximate surface area is 190 Å². The summed E-state index contributed by atoms with van der Waals surface area (Å²) in [7, 11) is 0. The summed E-state index contributed by atoms with van der Waals surface area (Å²) in [6.07, 6.45) is 1.04. The van der Waals surface area contributed by atoms with Crippen LogP contribution >= 0.6 is 27.5 Å². The van der Waals surface area contributed by atoms with Gasteiger partial charge in [-0.3, -0.25) is 4.79 Å². The number of carbonyl (C=O) groups is 1. The summed E-state index contributed by atoms with van der Waals surface area (Å²) in [6, 6.07) is 3.32. The Kier molecular flexibility index (Phi) is 6.11. The average molecular weight is 520 g/mol. The average Bonchev–Trinajstić information content (AvgIpc) is 2.70. The van der Waals surface area contributed by atoms with Gasteiger partial charge in [0.15, 0.2) is 11.6 Å². The van der Waals surface area contributed by atoms with Gasteiger partial charge in [-0.25, -0.2) is 13.2 Å². The highest BCUT2D eigenvalue weighted by atomic mass is 79.9. The van der Waals surface area contributed by atoms with Crippen molar-refractivity contribution in [3.63, 3.8) is 0 Å². The zero-order chi connectivity index (χ0) is 22.3. The summed E-state index contributed by atoms with van der Waals surface area (Å²) in [5.74, 6) is -2.07. The predicted octanol–water partition coefficient (Wildman–Crippen LogP) is 4.81. The standard InChI is InChI=1S/C21H19BrClF3N2O3/c22-18-13(24)9-16(12-1-2-17(29)27-19(12)18)31-10-21(30)3-5-28(6-4-21)20-14(25)7-11(23)8-15(20)26/h7-9,30H,1-6,10H2,(H,27,29). The molecule has 2 aromatic carbocycles. The number of piperidine rings is 1. The van der Waals surface area contributed by atoms with Gasteiger partial charge in [0, 0.05) is 36.2 Å². The molecule has 2 heterocycles. The Hall–Kier alpha value is -1.97. The lowest BCUT2D eigenvalue weighted by atomic mass is 9.92. The Morgan fingerprint density at radius 1 is 1.13 bits per heavy atom. The second-order valence-electron chi connectivity index (χ2n) is 7.79. The molecule has 166 valence electrons.